The van der Waals surface area contributed by atoms with Gasteiger partial charge in [0, 0.05) is 50.0 Å². The number of nitrogens with zero attached hydrogens (tertiary/aromatic N) is 6. The van der Waals surface area contributed by atoms with E-state index < -0.39 is 0 Å². The van der Waals surface area contributed by atoms with Crippen molar-refractivity contribution in [3.8, 4) is 34.2 Å². The van der Waals surface area contributed by atoms with Crippen molar-refractivity contribution in [2.45, 2.75) is 12.0 Å². The van der Waals surface area contributed by atoms with Crippen molar-refractivity contribution in [2.75, 3.05) is 4.90 Å². The highest BCUT2D eigenvalue weighted by Crippen LogP contribution is 2.52. The lowest BCUT2D eigenvalue weighted by molar-refractivity contribution is 0.728. The highest BCUT2D eigenvalue weighted by atomic mass is 15.3. The summed E-state index contributed by atoms with van der Waals surface area (Å²) in [7, 11) is 0. The number of fused-ring (bicyclic) bond motifs is 10. The summed E-state index contributed by atoms with van der Waals surface area (Å²) in [5.74, 6) is 1.99. The summed E-state index contributed by atoms with van der Waals surface area (Å²) in [4.78, 5) is 18.4. The Morgan fingerprint density at radius 3 is 1.70 bits per heavy atom. The van der Waals surface area contributed by atoms with Gasteiger partial charge in [0.25, 0.3) is 0 Å². The number of aromatic nitrogens is 5. The van der Waals surface area contributed by atoms with E-state index in [4.69, 9.17) is 15.0 Å². The second kappa shape index (κ2) is 12.5. The van der Waals surface area contributed by atoms with Crippen LogP contribution in [0, 0.1) is 0 Å². The monoisotopic (exact) mass is 730 g/mol. The summed E-state index contributed by atoms with van der Waals surface area (Å²) in [5, 5.41) is 4.86. The Labute approximate surface area is 328 Å². The van der Waals surface area contributed by atoms with E-state index in [1.807, 2.05) is 18.2 Å². The predicted octanol–water partition coefficient (Wildman–Crippen LogP) is 12.1. The first-order valence-corrected chi connectivity index (χ1v) is 19.5. The largest absolute Gasteiger partial charge is 0.309 e. The van der Waals surface area contributed by atoms with Crippen molar-refractivity contribution in [2.24, 2.45) is 0 Å². The van der Waals surface area contributed by atoms with Crippen LogP contribution in [0.1, 0.15) is 11.5 Å². The van der Waals surface area contributed by atoms with Gasteiger partial charge in [0.05, 0.1) is 33.8 Å². The van der Waals surface area contributed by atoms with E-state index in [2.05, 4.69) is 190 Å². The van der Waals surface area contributed by atoms with Crippen LogP contribution in [0.3, 0.4) is 0 Å². The van der Waals surface area contributed by atoms with Crippen LogP contribution in [0.15, 0.2) is 194 Å². The van der Waals surface area contributed by atoms with Crippen LogP contribution >= 0.6 is 0 Å². The average Bonchev–Trinajstić information content (AvgIpc) is 3.93. The third-order valence-electron chi connectivity index (χ3n) is 11.7. The molecule has 0 radical (unpaired) electrons. The van der Waals surface area contributed by atoms with Gasteiger partial charge in [-0.3, -0.25) is 0 Å². The zero-order valence-electron chi connectivity index (χ0n) is 30.8. The quantitative estimate of drug-likeness (QED) is 0.177. The molecule has 57 heavy (non-hydrogen) atoms. The fourth-order valence-corrected chi connectivity index (χ4v) is 9.24. The van der Waals surface area contributed by atoms with Crippen molar-refractivity contribution in [3.05, 3.63) is 200 Å². The van der Waals surface area contributed by atoms with E-state index in [0.717, 1.165) is 50.3 Å². The minimum atomic E-state index is -0.0272. The molecular formula is C51H34N6. The summed E-state index contributed by atoms with van der Waals surface area (Å²) in [6.07, 6.45) is 8.93. The molecule has 6 heteroatoms. The Hall–Kier alpha value is -7.57. The first-order valence-electron chi connectivity index (χ1n) is 19.5. The first kappa shape index (κ1) is 31.7. The topological polar surface area (TPSA) is 51.8 Å². The van der Waals surface area contributed by atoms with Gasteiger partial charge in [0.15, 0.2) is 11.6 Å². The highest BCUT2D eigenvalue weighted by molar-refractivity contribution is 6.15. The number of benzene rings is 7. The molecule has 0 amide bonds. The molecule has 1 aliphatic carbocycles. The van der Waals surface area contributed by atoms with Crippen LogP contribution in [0.5, 0.6) is 0 Å². The van der Waals surface area contributed by atoms with Gasteiger partial charge in [-0.15, -0.1) is 0 Å². The Balaban J connectivity index is 1.12. The first-order chi connectivity index (χ1) is 28.3. The zero-order valence-corrected chi connectivity index (χ0v) is 30.8. The van der Waals surface area contributed by atoms with Gasteiger partial charge in [0.2, 0.25) is 5.95 Å². The lowest BCUT2D eigenvalue weighted by atomic mass is 9.91. The van der Waals surface area contributed by atoms with E-state index in [0.29, 0.717) is 17.6 Å². The van der Waals surface area contributed by atoms with Crippen LogP contribution in [-0.4, -0.2) is 30.1 Å². The second-order valence-corrected chi connectivity index (χ2v) is 14.8. The van der Waals surface area contributed by atoms with Crippen molar-refractivity contribution in [1.29, 1.82) is 0 Å². The van der Waals surface area contributed by atoms with Gasteiger partial charge >= 0.3 is 0 Å². The van der Waals surface area contributed by atoms with E-state index >= 15 is 0 Å². The van der Waals surface area contributed by atoms with Crippen molar-refractivity contribution < 1.29 is 0 Å². The highest BCUT2D eigenvalue weighted by Gasteiger charge is 2.41. The van der Waals surface area contributed by atoms with Crippen LogP contribution in [-0.2, 0) is 0 Å². The molecule has 4 heterocycles. The zero-order chi connectivity index (χ0) is 37.5. The number of hydrogen-bond donors (Lipinski definition) is 0. The molecule has 0 N–H and O–H groups in total. The minimum Gasteiger partial charge on any atom is -0.309 e. The standard InChI is InChI=1S/C51H34N6/c1-3-16-33(17-4-1)49-52-50(34-18-15-21-36(32-34)55-43-26-11-7-22-37(43)38-23-8-12-27-44(38)55)54-51(53-49)57-46-29-14-10-25-40(46)42-31-30-41-39-24-9-13-28-45(39)56(47(41)48(42)57)35-19-5-2-6-20-35/h1-32,40,46H. The Morgan fingerprint density at radius 2 is 0.982 bits per heavy atom. The minimum absolute atomic E-state index is 0.0272. The molecule has 3 aromatic heterocycles. The van der Waals surface area contributed by atoms with Crippen LogP contribution < -0.4 is 4.90 Å². The molecular weight excluding hydrogens is 697 g/mol. The Kier molecular flexibility index (Phi) is 6.95. The summed E-state index contributed by atoms with van der Waals surface area (Å²) < 4.78 is 4.75. The molecule has 2 aliphatic rings. The lowest BCUT2D eigenvalue weighted by Crippen LogP contribution is -2.30. The fourth-order valence-electron chi connectivity index (χ4n) is 9.24. The van der Waals surface area contributed by atoms with Crippen LogP contribution in [0.2, 0.25) is 0 Å². The molecule has 0 saturated carbocycles. The lowest BCUT2D eigenvalue weighted by Gasteiger charge is -2.27. The summed E-state index contributed by atoms with van der Waals surface area (Å²) in [5.41, 5.74) is 11.0. The third-order valence-corrected chi connectivity index (χ3v) is 11.7. The number of rotatable bonds is 5. The normalized spacial score (nSPS) is 15.9. The van der Waals surface area contributed by atoms with Gasteiger partial charge in [-0.2, -0.15) is 9.97 Å². The number of allylic oxidation sites excluding steroid dienone is 2. The summed E-state index contributed by atoms with van der Waals surface area (Å²) in [6, 6.07) is 60.1. The van der Waals surface area contributed by atoms with E-state index in [1.165, 1.54) is 27.1 Å². The van der Waals surface area contributed by atoms with Crippen molar-refractivity contribution in [3.63, 3.8) is 0 Å². The average molecular weight is 731 g/mol. The van der Waals surface area contributed by atoms with Gasteiger partial charge in [-0.25, -0.2) is 4.98 Å². The van der Waals surface area contributed by atoms with Crippen molar-refractivity contribution in [1.82, 2.24) is 24.1 Å². The molecule has 0 fully saturated rings. The Morgan fingerprint density at radius 1 is 0.421 bits per heavy atom. The van der Waals surface area contributed by atoms with Crippen LogP contribution in [0.4, 0.5) is 11.6 Å². The SMILES string of the molecule is C1=CC2c3ccc4c5ccccc5n(-c5ccccc5)c4c3N(c3nc(-c4ccccc4)nc(-c4cccc(-n5c6ccccc6c6ccccc65)c4)n3)C2C=C1. The Bertz CT molecular complexity index is 3210. The maximum Gasteiger partial charge on any atom is 0.234 e. The molecule has 7 aromatic carbocycles. The fraction of sp³-hybridized carbons (Fsp3) is 0.0392. The number of para-hydroxylation sites is 4. The summed E-state index contributed by atoms with van der Waals surface area (Å²) in [6.45, 7) is 0. The molecule has 6 nitrogen and oxygen atoms in total. The molecule has 1 aliphatic heterocycles. The predicted molar refractivity (Wildman–Crippen MR) is 233 cm³/mol. The molecule has 0 saturated heterocycles. The molecule has 2 unspecified atom stereocenters. The maximum absolute atomic E-state index is 5.44. The van der Waals surface area contributed by atoms with E-state index in [-0.39, 0.29) is 12.0 Å². The maximum atomic E-state index is 5.44. The molecule has 2 atom stereocenters. The molecule has 0 bridgehead atoms. The smallest absolute Gasteiger partial charge is 0.234 e. The van der Waals surface area contributed by atoms with Gasteiger partial charge in [-0.1, -0.05) is 152 Å². The van der Waals surface area contributed by atoms with Crippen molar-refractivity contribution >= 4 is 55.2 Å². The second-order valence-electron chi connectivity index (χ2n) is 14.8. The molecule has 0 spiro atoms. The number of anilines is 2. The molecule has 268 valence electrons. The third kappa shape index (κ3) is 4.80. The molecule has 12 rings (SSSR count). The number of hydrogen-bond acceptors (Lipinski definition) is 4. The van der Waals surface area contributed by atoms with Gasteiger partial charge in [0.1, 0.15) is 0 Å². The van der Waals surface area contributed by atoms with Gasteiger partial charge < -0.3 is 14.0 Å². The van der Waals surface area contributed by atoms with Gasteiger partial charge in [-0.05, 0) is 48.0 Å². The van der Waals surface area contributed by atoms with E-state index in [9.17, 15) is 0 Å². The summed E-state index contributed by atoms with van der Waals surface area (Å²) >= 11 is 0. The van der Waals surface area contributed by atoms with E-state index in [1.54, 1.807) is 0 Å². The molecule has 10 aromatic rings. The van der Waals surface area contributed by atoms with Crippen LogP contribution in [0.25, 0.3) is 77.8 Å².